The molecule has 0 spiro atoms. The van der Waals surface area contributed by atoms with Crippen molar-refractivity contribution in [1.82, 2.24) is 0 Å². The van der Waals surface area contributed by atoms with Crippen molar-refractivity contribution in [3.63, 3.8) is 0 Å². The Morgan fingerprint density at radius 2 is 0.955 bits per heavy atom. The van der Waals surface area contributed by atoms with Gasteiger partial charge in [0.25, 0.3) is 0 Å². The van der Waals surface area contributed by atoms with E-state index in [0.29, 0.717) is 12.8 Å². The van der Waals surface area contributed by atoms with Crippen LogP contribution in [0.25, 0.3) is 0 Å². The van der Waals surface area contributed by atoms with Crippen molar-refractivity contribution >= 4 is 11.9 Å². The number of carboxylic acid groups (broad SMARTS) is 1. The van der Waals surface area contributed by atoms with E-state index in [0.717, 1.165) is 64.2 Å². The normalized spacial score (nSPS) is 12.6. The molecule has 0 aliphatic carbocycles. The number of carbonyl (C=O) groups excluding carboxylic acids is 1. The first-order valence-corrected chi connectivity index (χ1v) is 19.0. The van der Waals surface area contributed by atoms with Crippen molar-refractivity contribution in [2.24, 2.45) is 0 Å². The fourth-order valence-corrected chi connectivity index (χ4v) is 5.66. The summed E-state index contributed by atoms with van der Waals surface area (Å²) in [7, 11) is 0. The van der Waals surface area contributed by atoms with Crippen LogP contribution in [0.1, 0.15) is 200 Å². The van der Waals surface area contributed by atoms with E-state index in [1.165, 1.54) is 109 Å². The monoisotopic (exact) mass is 617 g/mol. The molecule has 1 N–H and O–H groups in total. The number of carboxylic acids is 1. The van der Waals surface area contributed by atoms with Crippen molar-refractivity contribution < 1.29 is 19.4 Å². The van der Waals surface area contributed by atoms with Crippen LogP contribution in [-0.4, -0.2) is 23.1 Å². The highest BCUT2D eigenvalue weighted by Gasteiger charge is 2.13. The number of rotatable bonds is 34. The molecule has 0 aliphatic heterocycles. The molecule has 1 unspecified atom stereocenters. The molecule has 0 saturated heterocycles. The van der Waals surface area contributed by atoms with Gasteiger partial charge in [0.1, 0.15) is 6.10 Å². The summed E-state index contributed by atoms with van der Waals surface area (Å²) in [5.41, 5.74) is 0. The number of aliphatic carboxylic acids is 1. The van der Waals surface area contributed by atoms with Gasteiger partial charge in [-0.05, 0) is 64.2 Å². The smallest absolute Gasteiger partial charge is 0.306 e. The minimum atomic E-state index is -0.669. The van der Waals surface area contributed by atoms with Gasteiger partial charge in [-0.1, -0.05) is 159 Å². The second kappa shape index (κ2) is 35.6. The summed E-state index contributed by atoms with van der Waals surface area (Å²) in [5.74, 6) is -0.653. The van der Waals surface area contributed by atoms with Gasteiger partial charge in [0.05, 0.1) is 0 Å². The Bertz CT molecular complexity index is 708. The topological polar surface area (TPSA) is 63.6 Å². The average molecular weight is 617 g/mol. The summed E-state index contributed by atoms with van der Waals surface area (Å²) in [4.78, 5) is 22.9. The molecule has 44 heavy (non-hydrogen) atoms. The number of hydrogen-bond acceptors (Lipinski definition) is 3. The Labute approximate surface area is 273 Å². The van der Waals surface area contributed by atoms with E-state index in [-0.39, 0.29) is 12.1 Å². The van der Waals surface area contributed by atoms with Gasteiger partial charge in [-0.2, -0.15) is 0 Å². The molecule has 0 aromatic heterocycles. The van der Waals surface area contributed by atoms with Crippen LogP contribution in [0.15, 0.2) is 36.5 Å². The van der Waals surface area contributed by atoms with E-state index in [2.05, 4.69) is 50.3 Å². The summed E-state index contributed by atoms with van der Waals surface area (Å²) < 4.78 is 5.87. The molecule has 0 bridgehead atoms. The molecule has 1 atom stereocenters. The highest BCUT2D eigenvalue weighted by atomic mass is 16.5. The summed E-state index contributed by atoms with van der Waals surface area (Å²) in [6.45, 7) is 4.35. The molecule has 0 aromatic rings. The molecule has 0 radical (unpaired) electrons. The van der Waals surface area contributed by atoms with Crippen molar-refractivity contribution in [3.05, 3.63) is 36.5 Å². The lowest BCUT2D eigenvalue weighted by molar-refractivity contribution is -0.150. The largest absolute Gasteiger partial charge is 0.481 e. The number of hydrogen-bond donors (Lipinski definition) is 1. The molecule has 4 heteroatoms. The highest BCUT2D eigenvalue weighted by molar-refractivity contribution is 5.69. The maximum atomic E-state index is 12.4. The standard InChI is InChI=1S/C40H72O4/c1-3-5-6-7-8-9-10-11-12-13-14-18-21-24-27-30-33-37-40(43)44-38(34-4-2)35-31-28-25-22-19-16-15-17-20-23-26-29-32-36-39(41)42/h5-6,8-9,11-12,38H,3-4,7,10,13-37H2,1-2H3,(H,41,42)/b6-5-,9-8-,12-11-. The van der Waals surface area contributed by atoms with Crippen molar-refractivity contribution in [2.45, 2.75) is 206 Å². The molecule has 0 heterocycles. The Kier molecular flexibility index (Phi) is 34.1. The third-order valence-electron chi connectivity index (χ3n) is 8.36. The van der Waals surface area contributed by atoms with Gasteiger partial charge >= 0.3 is 11.9 Å². The zero-order chi connectivity index (χ0) is 32.2. The highest BCUT2D eigenvalue weighted by Crippen LogP contribution is 2.17. The van der Waals surface area contributed by atoms with E-state index in [1.54, 1.807) is 0 Å². The fraction of sp³-hybridized carbons (Fsp3) is 0.800. The molecule has 4 nitrogen and oxygen atoms in total. The van der Waals surface area contributed by atoms with Crippen LogP contribution in [-0.2, 0) is 14.3 Å². The number of carbonyl (C=O) groups is 2. The minimum absolute atomic E-state index is 0.0165. The van der Waals surface area contributed by atoms with Crippen molar-refractivity contribution in [1.29, 1.82) is 0 Å². The average Bonchev–Trinajstić information content (AvgIpc) is 3.00. The molecule has 0 aliphatic rings. The first kappa shape index (κ1) is 42.2. The maximum Gasteiger partial charge on any atom is 0.306 e. The number of ether oxygens (including phenoxy) is 1. The second-order valence-corrected chi connectivity index (χ2v) is 12.7. The molecule has 0 fully saturated rings. The van der Waals surface area contributed by atoms with Crippen LogP contribution >= 0.6 is 0 Å². The van der Waals surface area contributed by atoms with Gasteiger partial charge in [-0.15, -0.1) is 0 Å². The van der Waals surface area contributed by atoms with Crippen molar-refractivity contribution in [2.75, 3.05) is 0 Å². The molecule has 256 valence electrons. The predicted octanol–water partition coefficient (Wildman–Crippen LogP) is 13.0. The second-order valence-electron chi connectivity index (χ2n) is 12.7. The van der Waals surface area contributed by atoms with E-state index in [1.807, 2.05) is 0 Å². The zero-order valence-electron chi connectivity index (χ0n) is 29.2. The van der Waals surface area contributed by atoms with E-state index in [9.17, 15) is 9.59 Å². The van der Waals surface area contributed by atoms with Crippen LogP contribution in [0, 0.1) is 0 Å². The summed E-state index contributed by atoms with van der Waals surface area (Å²) in [5, 5.41) is 8.66. The van der Waals surface area contributed by atoms with Crippen LogP contribution in [0.5, 0.6) is 0 Å². The molecular formula is C40H72O4. The molecule has 0 amide bonds. The van der Waals surface area contributed by atoms with Crippen LogP contribution in [0.2, 0.25) is 0 Å². The lowest BCUT2D eigenvalue weighted by Gasteiger charge is -2.17. The summed E-state index contributed by atoms with van der Waals surface area (Å²) in [6.07, 6.45) is 46.5. The Morgan fingerprint density at radius 3 is 1.45 bits per heavy atom. The number of unbranched alkanes of at least 4 members (excludes halogenated alkanes) is 19. The quantitative estimate of drug-likeness (QED) is 0.0444. The molecular weight excluding hydrogens is 544 g/mol. The first-order chi connectivity index (χ1) is 21.6. The Balaban J connectivity index is 3.56. The van der Waals surface area contributed by atoms with Crippen LogP contribution in [0.4, 0.5) is 0 Å². The number of allylic oxidation sites excluding steroid dienone is 6. The van der Waals surface area contributed by atoms with E-state index in [4.69, 9.17) is 9.84 Å². The molecule has 0 rings (SSSR count). The summed E-state index contributed by atoms with van der Waals surface area (Å²) in [6, 6.07) is 0. The Hall–Kier alpha value is -1.84. The van der Waals surface area contributed by atoms with Gasteiger partial charge in [-0.25, -0.2) is 0 Å². The Morgan fingerprint density at radius 1 is 0.523 bits per heavy atom. The van der Waals surface area contributed by atoms with Gasteiger partial charge in [0.2, 0.25) is 0 Å². The lowest BCUT2D eigenvalue weighted by Crippen LogP contribution is -2.18. The summed E-state index contributed by atoms with van der Waals surface area (Å²) >= 11 is 0. The maximum absolute atomic E-state index is 12.4. The predicted molar refractivity (Wildman–Crippen MR) is 190 cm³/mol. The van der Waals surface area contributed by atoms with Gasteiger partial charge in [-0.3, -0.25) is 9.59 Å². The van der Waals surface area contributed by atoms with E-state index >= 15 is 0 Å². The van der Waals surface area contributed by atoms with Crippen LogP contribution < -0.4 is 0 Å². The van der Waals surface area contributed by atoms with E-state index < -0.39 is 5.97 Å². The third kappa shape index (κ3) is 34.6. The van der Waals surface area contributed by atoms with Gasteiger partial charge in [0, 0.05) is 12.8 Å². The van der Waals surface area contributed by atoms with Crippen LogP contribution in [0.3, 0.4) is 0 Å². The zero-order valence-corrected chi connectivity index (χ0v) is 29.2. The molecule has 0 aromatic carbocycles. The molecule has 0 saturated carbocycles. The third-order valence-corrected chi connectivity index (χ3v) is 8.36. The van der Waals surface area contributed by atoms with Crippen molar-refractivity contribution in [3.8, 4) is 0 Å². The first-order valence-electron chi connectivity index (χ1n) is 19.0. The SMILES string of the molecule is CC/C=C\C/C=C\C/C=C\CCCCCCCCCC(=O)OC(CCC)CCCCCCCCCCCCCCCC(=O)O. The fourth-order valence-electron chi connectivity index (χ4n) is 5.66. The minimum Gasteiger partial charge on any atom is -0.481 e. The van der Waals surface area contributed by atoms with Gasteiger partial charge < -0.3 is 9.84 Å². The lowest BCUT2D eigenvalue weighted by atomic mass is 10.0. The van der Waals surface area contributed by atoms with Gasteiger partial charge in [0.15, 0.2) is 0 Å². The number of esters is 1.